The van der Waals surface area contributed by atoms with E-state index in [4.69, 9.17) is 0 Å². The van der Waals surface area contributed by atoms with Crippen molar-refractivity contribution in [2.45, 2.75) is 6.92 Å². The summed E-state index contributed by atoms with van der Waals surface area (Å²) in [6, 6.07) is 35.8. The molecule has 0 saturated carbocycles. The average molecular weight is 815 g/mol. The first-order chi connectivity index (χ1) is 20.7. The Balaban J connectivity index is 0.000000200. The van der Waals surface area contributed by atoms with Crippen LogP contribution in [0.15, 0.2) is 134 Å². The molecule has 0 N–H and O–H groups in total. The molecule has 0 radical (unpaired) electrons. The molecule has 45 heavy (non-hydrogen) atoms. The van der Waals surface area contributed by atoms with Crippen LogP contribution in [-0.4, -0.2) is 24.9 Å². The van der Waals surface area contributed by atoms with Crippen LogP contribution in [0.2, 0.25) is 0 Å². The summed E-state index contributed by atoms with van der Waals surface area (Å²) in [6.07, 6.45) is 7.17. The van der Waals surface area contributed by atoms with Crippen molar-refractivity contribution in [1.29, 1.82) is 0 Å². The van der Waals surface area contributed by atoms with E-state index in [2.05, 4.69) is 50.0 Å². The fourth-order valence-corrected chi connectivity index (χ4v) is 3.89. The molecule has 5 nitrogen and oxygen atoms in total. The number of hydrogen-bond acceptors (Lipinski definition) is 5. The van der Waals surface area contributed by atoms with Crippen LogP contribution in [0, 0.1) is 6.92 Å². The van der Waals surface area contributed by atoms with Crippen molar-refractivity contribution in [2.24, 2.45) is 0 Å². The number of aryl methyl sites for hydroxylation is 1. The predicted molar refractivity (Wildman–Crippen MR) is 162 cm³/mol. The largest absolute Gasteiger partial charge is 0.255 e. The van der Waals surface area contributed by atoms with Gasteiger partial charge in [0.15, 0.2) is 0 Å². The van der Waals surface area contributed by atoms with E-state index in [0.29, 0.717) is 0 Å². The second-order valence-electron chi connectivity index (χ2n) is 9.31. The molecule has 5 heterocycles. The zero-order valence-corrected chi connectivity index (χ0v) is 26.9. The van der Waals surface area contributed by atoms with Crippen LogP contribution < -0.4 is 0 Å². The van der Waals surface area contributed by atoms with Gasteiger partial charge in [-0.3, -0.25) is 19.9 Å². The molecule has 0 unspecified atom stereocenters. The normalized spacial score (nSPS) is 12.1. The monoisotopic (exact) mass is 816 g/mol. The van der Waals surface area contributed by atoms with Crippen LogP contribution >= 0.6 is 7.81 Å². The van der Waals surface area contributed by atoms with Crippen LogP contribution in [0.1, 0.15) is 5.56 Å². The molecule has 0 aliphatic carbocycles. The van der Waals surface area contributed by atoms with E-state index in [1.165, 1.54) is 5.56 Å². The quantitative estimate of drug-likeness (QED) is 0.131. The molecule has 0 bridgehead atoms. The van der Waals surface area contributed by atoms with E-state index in [-0.39, 0.29) is 19.8 Å². The second kappa shape index (κ2) is 14.1. The Bertz CT molecular complexity index is 1680. The van der Waals surface area contributed by atoms with Gasteiger partial charge in [-0.15, -0.1) is 0 Å². The average Bonchev–Trinajstić information content (AvgIpc) is 3.01. The van der Waals surface area contributed by atoms with Crippen molar-refractivity contribution in [3.05, 3.63) is 140 Å². The Morgan fingerprint density at radius 3 is 1.04 bits per heavy atom. The third-order valence-electron chi connectivity index (χ3n) is 5.60. The van der Waals surface area contributed by atoms with E-state index in [1.807, 2.05) is 103 Å². The molecule has 6 aromatic rings. The maximum atomic E-state index is 9.87. The molecule has 0 amide bonds. The van der Waals surface area contributed by atoms with Crippen molar-refractivity contribution in [2.75, 3.05) is 0 Å². The number of pyridine rings is 5. The zero-order valence-electron chi connectivity index (χ0n) is 23.5. The molecule has 0 aliphatic heterocycles. The van der Waals surface area contributed by atoms with Gasteiger partial charge in [0.05, 0.1) is 34.2 Å². The van der Waals surface area contributed by atoms with Crippen LogP contribution in [0.5, 0.6) is 0 Å². The van der Waals surface area contributed by atoms with Gasteiger partial charge in [-0.05, 0) is 91.3 Å². The van der Waals surface area contributed by atoms with Gasteiger partial charge in [0.2, 0.25) is 0 Å². The molecule has 0 spiro atoms. The van der Waals surface area contributed by atoms with Gasteiger partial charge < -0.3 is 0 Å². The molecule has 0 saturated heterocycles. The Labute approximate surface area is 268 Å². The van der Waals surface area contributed by atoms with Gasteiger partial charge in [-0.2, -0.15) is 0 Å². The van der Waals surface area contributed by atoms with Crippen molar-refractivity contribution in [1.82, 2.24) is 24.9 Å². The SMILES string of the molecule is Cc1cc(-c2ccccn2)cc(-c2ccccn2)c1.F[P-](F)(F)(F)(F)F.[Os].c1ccc(-c2cccc(-c3ccccn3)n2)nc1. The number of benzene rings is 1. The minimum Gasteiger partial charge on any atom is -0.255 e. The number of hydrogen-bond donors (Lipinski definition) is 0. The fraction of sp³-hybridized carbons (Fsp3) is 0.0312. The molecule has 13 heteroatoms. The number of halogens is 6. The van der Waals surface area contributed by atoms with Crippen LogP contribution in [0.25, 0.3) is 45.3 Å². The van der Waals surface area contributed by atoms with Gasteiger partial charge in [-0.25, -0.2) is 4.98 Å². The van der Waals surface area contributed by atoms with Gasteiger partial charge in [0.1, 0.15) is 0 Å². The summed E-state index contributed by atoms with van der Waals surface area (Å²) in [4.78, 5) is 22.0. The summed E-state index contributed by atoms with van der Waals surface area (Å²) in [6.45, 7) is 2.10. The molecule has 0 fully saturated rings. The van der Waals surface area contributed by atoms with E-state index in [9.17, 15) is 25.2 Å². The van der Waals surface area contributed by atoms with Crippen LogP contribution in [0.4, 0.5) is 25.2 Å². The minimum absolute atomic E-state index is 0. The predicted octanol–water partition coefficient (Wildman–Crippen LogP) is 10.7. The van der Waals surface area contributed by atoms with Crippen molar-refractivity contribution in [3.8, 4) is 45.3 Å². The van der Waals surface area contributed by atoms with E-state index in [0.717, 1.165) is 45.3 Å². The van der Waals surface area contributed by atoms with Gasteiger partial charge in [0, 0.05) is 55.7 Å². The summed E-state index contributed by atoms with van der Waals surface area (Å²) in [5, 5.41) is 0. The summed E-state index contributed by atoms with van der Waals surface area (Å²) in [5.41, 5.74) is 8.90. The number of aromatic nitrogens is 5. The first kappa shape index (κ1) is 35.1. The second-order valence-corrected chi connectivity index (χ2v) is 11.2. The Morgan fingerprint density at radius 1 is 0.422 bits per heavy atom. The topological polar surface area (TPSA) is 64.5 Å². The van der Waals surface area contributed by atoms with Gasteiger partial charge in [0.25, 0.3) is 0 Å². The minimum atomic E-state index is -10.7. The maximum Gasteiger partial charge on any atom is 0.0894 e. The molecule has 6 rings (SSSR count). The standard InChI is InChI=1S/C17H14N2.C15H11N3.F6P.Os/c1-13-10-14(16-6-2-4-8-18-16)12-15(11-13)17-7-3-5-9-19-17;1-3-10-16-12(6-1)14-8-5-9-15(18-14)13-7-2-4-11-17-13;1-7(2,3,4,5)6;/h2-12H,1H3;1-11H;;/q;;-1;. The van der Waals surface area contributed by atoms with Crippen molar-refractivity contribution >= 4 is 7.81 Å². The smallest absolute Gasteiger partial charge is 0.0894 e. The molecule has 0 aliphatic rings. The molecule has 0 atom stereocenters. The van der Waals surface area contributed by atoms with E-state index in [1.54, 1.807) is 12.4 Å². The molecule has 234 valence electrons. The van der Waals surface area contributed by atoms with Crippen molar-refractivity contribution < 1.29 is 45.0 Å². The Kier molecular flexibility index (Phi) is 11.0. The van der Waals surface area contributed by atoms with Gasteiger partial charge in [-0.1, -0.05) is 30.3 Å². The van der Waals surface area contributed by atoms with Crippen molar-refractivity contribution in [3.63, 3.8) is 0 Å². The molecular weight excluding hydrogens is 790 g/mol. The van der Waals surface area contributed by atoms with Crippen LogP contribution in [0.3, 0.4) is 0 Å². The first-order valence-electron chi connectivity index (χ1n) is 13.0. The number of nitrogens with zero attached hydrogens (tertiary/aromatic N) is 5. The summed E-state index contributed by atoms with van der Waals surface area (Å²) >= 11 is 0. The van der Waals surface area contributed by atoms with E-state index >= 15 is 0 Å². The molecular formula is C32H25F6N5OsP-. The molecule has 5 aromatic heterocycles. The number of rotatable bonds is 4. The third kappa shape index (κ3) is 13.0. The summed E-state index contributed by atoms with van der Waals surface area (Å²) in [5.74, 6) is 0. The third-order valence-corrected chi connectivity index (χ3v) is 5.60. The summed E-state index contributed by atoms with van der Waals surface area (Å²) < 4.78 is 59.2. The van der Waals surface area contributed by atoms with Gasteiger partial charge >= 0.3 is 33.0 Å². The zero-order chi connectivity index (χ0) is 31.7. The van der Waals surface area contributed by atoms with Crippen LogP contribution in [-0.2, 0) is 19.8 Å². The Morgan fingerprint density at radius 2 is 0.733 bits per heavy atom. The van der Waals surface area contributed by atoms with E-state index < -0.39 is 7.81 Å². The Hall–Kier alpha value is -4.38. The molecule has 1 aromatic carbocycles. The summed E-state index contributed by atoms with van der Waals surface area (Å²) in [7, 11) is -10.7. The fourth-order valence-electron chi connectivity index (χ4n) is 3.89. The first-order valence-corrected chi connectivity index (χ1v) is 15.0. The maximum absolute atomic E-state index is 10.7.